The molecule has 123 heavy (non-hydrogen) atoms. The highest BCUT2D eigenvalue weighted by molar-refractivity contribution is 5.26. The van der Waals surface area contributed by atoms with E-state index in [-0.39, 0.29) is 132 Å². The van der Waals surface area contributed by atoms with Crippen LogP contribution in [0.1, 0.15) is 366 Å². The molecule has 8 atom stereocenters. The van der Waals surface area contributed by atoms with Crippen LogP contribution >= 0.6 is 0 Å². The Morgan fingerprint density at radius 2 is 0.472 bits per heavy atom. The Morgan fingerprint density at radius 3 is 0.659 bits per heavy atom. The number of aryl methyl sites for hydroxylation is 8. The van der Waals surface area contributed by atoms with Gasteiger partial charge in [0, 0.05) is 36.2 Å². The standard InChI is InChI=1S/2C8H8F2.2C8H9F.C8H16.3C8H14.C8H10.2C7H14O.2C6H12O2.13CH4/c2*1-5-3-7(9)6(2)8(10)4-5;2*1-6-3-4-7(2)8(9)5-6;5*1-7-3-5-8(2)6-4-7;2*1-6-3-4-7(2)8-5-6;2*1-5-3-7-6(2)8-4-5;;;;;;;;;;;;;/h2*3-4H,1-2H3;2*3-5H,1-2H3;7-8H,3-6H2,1-2H3;2*3,8H,4-6H2,1-2H3;3,5,7-8H,4,6H2,1-2H3;3-6H,1-2H3;2*6-7H,3-5H2,1-2H3;2*5-6H,3-4H2,1-2H3;13*1H4. The summed E-state index contributed by atoms with van der Waals surface area (Å²) in [5, 5.41) is 0. The van der Waals surface area contributed by atoms with E-state index in [9.17, 15) is 26.3 Å². The summed E-state index contributed by atoms with van der Waals surface area (Å²) in [6.45, 7) is 58.2. The van der Waals surface area contributed by atoms with E-state index in [0.29, 0.717) is 46.3 Å². The van der Waals surface area contributed by atoms with Gasteiger partial charge in [0.1, 0.15) is 34.9 Å². The number of ether oxygens (including phenoxy) is 6. The third-order valence-corrected chi connectivity index (χ3v) is 20.6. The van der Waals surface area contributed by atoms with Crippen molar-refractivity contribution in [2.45, 2.75) is 404 Å². The molecule has 4 aliphatic carbocycles. The van der Waals surface area contributed by atoms with Gasteiger partial charge in [-0.25, -0.2) is 26.3 Å². The minimum Gasteiger partial charge on any atom is -0.378 e. The Balaban J connectivity index is -0.0000000961. The molecule has 5 fully saturated rings. The van der Waals surface area contributed by atoms with Crippen LogP contribution in [-0.2, 0) is 28.4 Å². The van der Waals surface area contributed by atoms with E-state index in [1.54, 1.807) is 51.0 Å². The highest BCUT2D eigenvalue weighted by atomic mass is 19.2. The van der Waals surface area contributed by atoms with Crippen molar-refractivity contribution >= 4 is 0 Å². The largest absolute Gasteiger partial charge is 0.378 e. The Morgan fingerprint density at radius 1 is 0.236 bits per heavy atom. The molecule has 8 aliphatic rings. The highest BCUT2D eigenvalue weighted by Crippen LogP contribution is 2.28. The predicted molar refractivity (Wildman–Crippen MR) is 543 cm³/mol. The Kier molecular flexibility index (Phi) is 99.3. The molecule has 13 rings (SSSR count). The highest BCUT2D eigenvalue weighted by Gasteiger charge is 2.18. The van der Waals surface area contributed by atoms with Gasteiger partial charge in [0.2, 0.25) is 0 Å². The SMILES string of the molecule is C.C.C.C.C.C.C.C.C.C.C.C.C.CC1=CCC(C)CC1.CC1=CCC(C)CC1.CC1C=CC(C)CC1.CC1CCC(C)CC1.CC1CCC(C)OC1.CC1CCC(C)OC1.CC1COC(C)OC1.CC1COC(C)OC1.Cc1cc(F)c(C)c(F)c1.Cc1cc(F)c(C)c(F)c1.Cc1ccc(C)c(F)c1.Cc1ccc(C)c(F)c1.Cc1ccc(C)cc1. The van der Waals surface area contributed by atoms with Gasteiger partial charge < -0.3 is 28.4 Å². The fraction of sp³-hybridized carbons (Fsp3) is 0.676. The maximum atomic E-state index is 12.6. The average Bonchev–Trinajstić information content (AvgIpc) is 0.847. The van der Waals surface area contributed by atoms with E-state index in [0.717, 1.165) is 98.1 Å². The molecule has 6 nitrogen and oxygen atoms in total. The van der Waals surface area contributed by atoms with Gasteiger partial charge in [-0.05, 0) is 305 Å². The van der Waals surface area contributed by atoms with Crippen molar-refractivity contribution in [1.82, 2.24) is 0 Å². The molecule has 5 aromatic carbocycles. The maximum absolute atomic E-state index is 12.6. The predicted octanol–water partition coefficient (Wildman–Crippen LogP) is 37.2. The van der Waals surface area contributed by atoms with Crippen molar-refractivity contribution in [2.75, 3.05) is 39.6 Å². The first-order valence-electron chi connectivity index (χ1n) is 41.7. The van der Waals surface area contributed by atoms with Crippen LogP contribution in [0.2, 0.25) is 0 Å². The Hall–Kier alpha value is -5.34. The van der Waals surface area contributed by atoms with Crippen LogP contribution in [0.15, 0.2) is 120 Å². The van der Waals surface area contributed by atoms with Crippen LogP contribution in [0, 0.1) is 163 Å². The topological polar surface area (TPSA) is 55.4 Å². The summed E-state index contributed by atoms with van der Waals surface area (Å²) in [4.78, 5) is 0. The fourth-order valence-electron chi connectivity index (χ4n) is 11.7. The molecule has 4 saturated heterocycles. The molecule has 0 amide bonds. The van der Waals surface area contributed by atoms with Crippen LogP contribution in [0.5, 0.6) is 0 Å². The molecule has 1 saturated carbocycles. The summed E-state index contributed by atoms with van der Waals surface area (Å²) in [5.74, 6) is 6.22. The summed E-state index contributed by atoms with van der Waals surface area (Å²) < 4.78 is 107. The molecule has 0 spiro atoms. The maximum Gasteiger partial charge on any atom is 0.154 e. The molecule has 728 valence electrons. The van der Waals surface area contributed by atoms with Crippen molar-refractivity contribution in [2.24, 2.45) is 59.2 Å². The quantitative estimate of drug-likeness (QED) is 0.114. The van der Waals surface area contributed by atoms with E-state index in [4.69, 9.17) is 28.4 Å². The Bertz CT molecular complexity index is 2910. The minimum atomic E-state index is -0.475. The minimum absolute atomic E-state index is 0. The number of benzene rings is 5. The molecule has 0 N–H and O–H groups in total. The van der Waals surface area contributed by atoms with E-state index in [1.165, 1.54) is 164 Å². The molecular formula is C111H206F6O6. The zero-order chi connectivity index (χ0) is 83.0. The van der Waals surface area contributed by atoms with Gasteiger partial charge in [-0.2, -0.15) is 0 Å². The summed E-state index contributed by atoms with van der Waals surface area (Å²) in [6, 6.07) is 24.2. The zero-order valence-electron chi connectivity index (χ0n) is 73.7. The third-order valence-electron chi connectivity index (χ3n) is 20.6. The van der Waals surface area contributed by atoms with Crippen LogP contribution in [0.4, 0.5) is 26.3 Å². The summed E-state index contributed by atoms with van der Waals surface area (Å²) in [6.07, 6.45) is 32.4. The van der Waals surface area contributed by atoms with Crippen molar-refractivity contribution in [1.29, 1.82) is 0 Å². The fourth-order valence-corrected chi connectivity index (χ4v) is 11.7. The lowest BCUT2D eigenvalue weighted by Gasteiger charge is -2.24. The molecule has 4 aliphatic heterocycles. The van der Waals surface area contributed by atoms with Crippen molar-refractivity contribution in [3.8, 4) is 0 Å². The third kappa shape index (κ3) is 75.4. The molecule has 5 aromatic rings. The second-order valence-electron chi connectivity index (χ2n) is 33.8. The molecule has 8 unspecified atom stereocenters. The van der Waals surface area contributed by atoms with Crippen LogP contribution in [0.3, 0.4) is 0 Å². The van der Waals surface area contributed by atoms with Gasteiger partial charge in [-0.3, -0.25) is 0 Å². The smallest absolute Gasteiger partial charge is 0.154 e. The number of allylic oxidation sites excluding steroid dienone is 6. The number of hydrogen-bond acceptors (Lipinski definition) is 6. The van der Waals surface area contributed by atoms with Gasteiger partial charge in [0.05, 0.1) is 38.6 Å². The van der Waals surface area contributed by atoms with Gasteiger partial charge in [0.25, 0.3) is 0 Å². The molecule has 0 aromatic heterocycles. The molecule has 4 heterocycles. The first-order chi connectivity index (χ1) is 51.7. The lowest BCUT2D eigenvalue weighted by atomic mass is 9.84. The van der Waals surface area contributed by atoms with E-state index < -0.39 is 23.3 Å². The van der Waals surface area contributed by atoms with Gasteiger partial charge in [-0.1, -0.05) is 287 Å². The van der Waals surface area contributed by atoms with Crippen LogP contribution in [-0.4, -0.2) is 64.4 Å². The lowest BCUT2D eigenvalue weighted by Crippen LogP contribution is -2.27. The van der Waals surface area contributed by atoms with Crippen molar-refractivity contribution in [3.63, 3.8) is 0 Å². The molecular weight excluding hydrogens is 1540 g/mol. The number of hydrogen-bond donors (Lipinski definition) is 0. The van der Waals surface area contributed by atoms with Crippen molar-refractivity contribution < 1.29 is 54.8 Å². The molecule has 12 heteroatoms. The van der Waals surface area contributed by atoms with Gasteiger partial charge in [0.15, 0.2) is 12.6 Å². The van der Waals surface area contributed by atoms with Crippen LogP contribution < -0.4 is 0 Å². The summed E-state index contributed by atoms with van der Waals surface area (Å²) in [5.41, 5.74) is 10.6. The molecule has 0 radical (unpaired) electrons. The van der Waals surface area contributed by atoms with Crippen molar-refractivity contribution in [3.05, 3.63) is 211 Å². The zero-order valence-corrected chi connectivity index (χ0v) is 73.7. The number of halogens is 6. The van der Waals surface area contributed by atoms with Crippen LogP contribution in [0.25, 0.3) is 0 Å². The average molecular weight is 1750 g/mol. The Labute approximate surface area is 764 Å². The van der Waals surface area contributed by atoms with E-state index >= 15 is 0 Å². The van der Waals surface area contributed by atoms with E-state index in [2.05, 4.69) is 159 Å². The second kappa shape index (κ2) is 83.6. The first-order valence-corrected chi connectivity index (χ1v) is 41.7. The second-order valence-corrected chi connectivity index (χ2v) is 33.8. The van der Waals surface area contributed by atoms with Gasteiger partial charge in [-0.15, -0.1) is 0 Å². The molecule has 0 bridgehead atoms. The first kappa shape index (κ1) is 146. The van der Waals surface area contributed by atoms with Gasteiger partial charge >= 0.3 is 0 Å². The normalized spacial score (nSPS) is 22.9. The van der Waals surface area contributed by atoms with E-state index in [1.807, 2.05) is 39.8 Å². The summed E-state index contributed by atoms with van der Waals surface area (Å²) >= 11 is 0. The lowest BCUT2D eigenvalue weighted by molar-refractivity contribution is -0.187. The number of rotatable bonds is 0. The monoisotopic (exact) mass is 1750 g/mol. The summed E-state index contributed by atoms with van der Waals surface area (Å²) in [7, 11) is 0.